The summed E-state index contributed by atoms with van der Waals surface area (Å²) in [5.41, 5.74) is 10.6. The van der Waals surface area contributed by atoms with Crippen LogP contribution in [-0.4, -0.2) is 14.1 Å². The van der Waals surface area contributed by atoms with Gasteiger partial charge in [0.25, 0.3) is 6.33 Å². The fourth-order valence-electron chi connectivity index (χ4n) is 8.30. The second-order valence-corrected chi connectivity index (χ2v) is 14.5. The van der Waals surface area contributed by atoms with Crippen LogP contribution in [0.1, 0.15) is 42.3 Å². The topological polar surface area (TPSA) is 35.9 Å². The van der Waals surface area contributed by atoms with Crippen LogP contribution in [0.2, 0.25) is 0 Å². The zero-order chi connectivity index (χ0) is 41.6. The molecule has 10 aromatic rings. The van der Waals surface area contributed by atoms with E-state index in [9.17, 15) is 1.37 Å². The third-order valence-electron chi connectivity index (χ3n) is 11.2. The van der Waals surface area contributed by atoms with E-state index in [-0.39, 0.29) is 24.2 Å². The predicted molar refractivity (Wildman–Crippen MR) is 236 cm³/mol. The summed E-state index contributed by atoms with van der Waals surface area (Å²) in [5.74, 6) is 1.60. The van der Waals surface area contributed by atoms with Gasteiger partial charge < -0.3 is 4.74 Å². The maximum absolute atomic E-state index is 9.39. The molecule has 0 saturated carbocycles. The van der Waals surface area contributed by atoms with Gasteiger partial charge in [-0.2, -0.15) is 0 Å². The van der Waals surface area contributed by atoms with Gasteiger partial charge in [-0.3, -0.25) is 13.7 Å². The van der Waals surface area contributed by atoms with Crippen molar-refractivity contribution in [3.05, 3.63) is 200 Å². The van der Waals surface area contributed by atoms with E-state index in [1.807, 2.05) is 71.3 Å². The number of aromatic nitrogens is 4. The van der Waals surface area contributed by atoms with Gasteiger partial charge >= 0.3 is 0 Å². The molecule has 0 aliphatic rings. The third kappa shape index (κ3) is 6.22. The number of ether oxygens (including phenoxy) is 1. The lowest BCUT2D eigenvalue weighted by molar-refractivity contribution is -0.571. The Morgan fingerprint density at radius 1 is 0.638 bits per heavy atom. The number of pyridine rings is 1. The summed E-state index contributed by atoms with van der Waals surface area (Å²) < 4.78 is 39.7. The minimum atomic E-state index is -0.126. The van der Waals surface area contributed by atoms with Crippen molar-refractivity contribution in [3.8, 4) is 50.9 Å². The van der Waals surface area contributed by atoms with Crippen LogP contribution in [0.4, 0.5) is 0 Å². The molecule has 5 heteroatoms. The first-order chi connectivity index (χ1) is 29.9. The Morgan fingerprint density at radius 2 is 1.28 bits per heavy atom. The lowest BCUT2D eigenvalue weighted by Crippen LogP contribution is -2.31. The second-order valence-electron chi connectivity index (χ2n) is 14.5. The normalized spacial score (nSPS) is 12.3. The molecule has 0 saturated heterocycles. The molecule has 58 heavy (non-hydrogen) atoms. The van der Waals surface area contributed by atoms with Crippen LogP contribution in [0.3, 0.4) is 0 Å². The van der Waals surface area contributed by atoms with E-state index in [1.54, 1.807) is 0 Å². The molecule has 280 valence electrons. The number of imidazole rings is 1. The summed E-state index contributed by atoms with van der Waals surface area (Å²) in [7, 11) is 0. The summed E-state index contributed by atoms with van der Waals surface area (Å²) in [6.45, 7) is 4.13. The molecule has 0 fully saturated rings. The highest BCUT2D eigenvalue weighted by molar-refractivity contribution is 6.09. The Kier molecular flexibility index (Phi) is 8.26. The van der Waals surface area contributed by atoms with Gasteiger partial charge in [0, 0.05) is 23.0 Å². The molecule has 0 unspecified atom stereocenters. The molecule has 0 aliphatic carbocycles. The molecule has 0 aliphatic heterocycles. The quantitative estimate of drug-likeness (QED) is 0.103. The van der Waals surface area contributed by atoms with Crippen LogP contribution in [0, 0.1) is 6.33 Å². The van der Waals surface area contributed by atoms with Gasteiger partial charge in [0.15, 0.2) is 0 Å². The fourth-order valence-corrected chi connectivity index (χ4v) is 8.30. The number of para-hydroxylation sites is 4. The third-order valence-corrected chi connectivity index (χ3v) is 11.2. The molecular formula is C53H42N4O. The molecule has 0 amide bonds. The lowest BCUT2D eigenvalue weighted by Gasteiger charge is -2.17. The highest BCUT2D eigenvalue weighted by Crippen LogP contribution is 2.37. The van der Waals surface area contributed by atoms with Crippen LogP contribution < -0.4 is 9.30 Å². The average molecular weight is 754 g/mol. The van der Waals surface area contributed by atoms with Crippen LogP contribution in [-0.2, 0) is 0 Å². The average Bonchev–Trinajstić information content (AvgIpc) is 3.85. The van der Waals surface area contributed by atoms with E-state index < -0.39 is 0 Å². The van der Waals surface area contributed by atoms with Crippen LogP contribution in [0.25, 0.3) is 72.3 Å². The molecule has 5 nitrogen and oxygen atoms in total. The fraction of sp³-hybridized carbons (Fsp3) is 0.0943. The lowest BCUT2D eigenvalue weighted by atomic mass is 9.95. The standard InChI is InChI=1S/C53H42N4O/c1-3-37(4-2)40-31-32-54-52(33-40)57-48-26-12-11-23-46(48)47-30-29-43(35-51(47)57)58-42-22-15-21-41(34-42)55-36-56(50-28-14-13-27-49(50)55)53-44(38-17-7-5-8-18-38)24-16-25-45(53)39-19-9-6-10-20-39/h5-35,37H,3-4H2,1-2H3/i31D,32D,33D. The van der Waals surface area contributed by atoms with Crippen molar-refractivity contribution in [2.75, 3.05) is 0 Å². The van der Waals surface area contributed by atoms with E-state index in [0.717, 1.165) is 79.3 Å². The monoisotopic (exact) mass is 753 g/mol. The van der Waals surface area contributed by atoms with Crippen molar-refractivity contribution >= 4 is 32.8 Å². The van der Waals surface area contributed by atoms with Crippen molar-refractivity contribution in [2.45, 2.75) is 32.6 Å². The Balaban J connectivity index is 1.09. The molecular weight excluding hydrogens is 709 g/mol. The minimum absolute atomic E-state index is 0.0150. The van der Waals surface area contributed by atoms with E-state index in [2.05, 4.69) is 137 Å². The molecule has 0 N–H and O–H groups in total. The van der Waals surface area contributed by atoms with Gasteiger partial charge in [-0.1, -0.05) is 141 Å². The largest absolute Gasteiger partial charge is 0.458 e. The number of benzene rings is 7. The molecule has 3 heterocycles. The van der Waals surface area contributed by atoms with Crippen LogP contribution in [0.15, 0.2) is 188 Å². The van der Waals surface area contributed by atoms with E-state index in [1.165, 1.54) is 0 Å². The van der Waals surface area contributed by atoms with Gasteiger partial charge in [-0.15, -0.1) is 0 Å². The molecule has 10 rings (SSSR count). The number of fused-ring (bicyclic) bond motifs is 4. The summed E-state index contributed by atoms with van der Waals surface area (Å²) in [6.07, 6.45) is 5.17. The van der Waals surface area contributed by atoms with E-state index in [0.29, 0.717) is 22.9 Å². The summed E-state index contributed by atoms with van der Waals surface area (Å²) in [6, 6.07) is 58.2. The molecule has 0 bridgehead atoms. The highest BCUT2D eigenvalue weighted by Gasteiger charge is 2.20. The minimum Gasteiger partial charge on any atom is -0.458 e. The van der Waals surface area contributed by atoms with E-state index >= 15 is 0 Å². The van der Waals surface area contributed by atoms with Gasteiger partial charge in [0.05, 0.1) is 37.6 Å². The summed E-state index contributed by atoms with van der Waals surface area (Å²) in [4.78, 5) is 4.58. The summed E-state index contributed by atoms with van der Waals surface area (Å²) in [5, 5.41) is 1.98. The Morgan fingerprint density at radius 3 is 2.02 bits per heavy atom. The maximum Gasteiger partial charge on any atom is 0.269 e. The van der Waals surface area contributed by atoms with Crippen molar-refractivity contribution in [3.63, 3.8) is 0 Å². The Bertz CT molecular complexity index is 3190. The number of nitrogens with zero attached hydrogens (tertiary/aromatic N) is 4. The summed E-state index contributed by atoms with van der Waals surface area (Å²) >= 11 is 0. The van der Waals surface area contributed by atoms with Crippen molar-refractivity contribution < 1.29 is 13.4 Å². The van der Waals surface area contributed by atoms with Crippen molar-refractivity contribution in [1.29, 1.82) is 0 Å². The molecule has 0 atom stereocenters. The highest BCUT2D eigenvalue weighted by atomic mass is 16.5. The van der Waals surface area contributed by atoms with Gasteiger partial charge in [0.1, 0.15) is 17.3 Å². The first kappa shape index (κ1) is 31.9. The smallest absolute Gasteiger partial charge is 0.269 e. The van der Waals surface area contributed by atoms with E-state index in [4.69, 9.17) is 7.48 Å². The Labute approximate surface area is 342 Å². The maximum atomic E-state index is 9.39. The van der Waals surface area contributed by atoms with Crippen LogP contribution in [0.5, 0.6) is 11.5 Å². The SMILES string of the molecule is [2H]c1nc(-n2c3ccccc3c3ccc(Oc4cccc(-n5[c-][n+](-c6c(-c7ccccc7)cccc6-c6ccccc6)c6ccccc65)c4)cc32)c([2H])c(C(CC)CC)c1[2H]. The predicted octanol–water partition coefficient (Wildman–Crippen LogP) is 13.2. The first-order valence-corrected chi connectivity index (χ1v) is 19.9. The van der Waals surface area contributed by atoms with Gasteiger partial charge in [-0.05, 0) is 95.1 Å². The van der Waals surface area contributed by atoms with Crippen LogP contribution >= 0.6 is 0 Å². The number of hydrogen-bond acceptors (Lipinski definition) is 2. The second kappa shape index (κ2) is 15.0. The zero-order valence-electron chi connectivity index (χ0n) is 35.4. The molecule has 0 radical (unpaired) electrons. The van der Waals surface area contributed by atoms with Gasteiger partial charge in [-0.25, -0.2) is 4.98 Å². The van der Waals surface area contributed by atoms with Gasteiger partial charge in [0.2, 0.25) is 0 Å². The molecule has 7 aromatic carbocycles. The first-order valence-electron chi connectivity index (χ1n) is 21.4. The Hall–Kier alpha value is -7.24. The van der Waals surface area contributed by atoms with Crippen molar-refractivity contribution in [1.82, 2.24) is 14.1 Å². The molecule has 0 spiro atoms. The number of hydrogen-bond donors (Lipinski definition) is 0. The van der Waals surface area contributed by atoms with Crippen molar-refractivity contribution in [2.24, 2.45) is 0 Å². The zero-order valence-corrected chi connectivity index (χ0v) is 32.4. The number of rotatable bonds is 10. The molecule has 3 aromatic heterocycles.